The van der Waals surface area contributed by atoms with E-state index in [0.717, 1.165) is 141 Å². The molecule has 0 saturated heterocycles. The molecular formula is C114H172N4O9. The lowest BCUT2D eigenvalue weighted by Gasteiger charge is -2.08. The topological polar surface area (TPSA) is 208 Å². The Morgan fingerprint density at radius 2 is 0.528 bits per heavy atom. The van der Waals surface area contributed by atoms with Crippen LogP contribution in [-0.4, -0.2) is 57.7 Å². The second kappa shape index (κ2) is 92.2. The summed E-state index contributed by atoms with van der Waals surface area (Å²) in [7, 11) is 0. The smallest absolute Gasteiger partial charge is 0.224 e. The molecule has 3 aromatic rings. The minimum atomic E-state index is -0.237. The number of anilines is 3. The molecule has 0 aromatic heterocycles. The molecule has 0 aliphatic heterocycles. The largest absolute Gasteiger partial charge is 0.507 e. The quantitative estimate of drug-likeness (QED) is 0.0137. The van der Waals surface area contributed by atoms with Crippen LogP contribution < -0.4 is 21.3 Å². The number of hydrogen-bond acceptors (Lipinski definition) is 9. The zero-order chi connectivity index (χ0) is 92.1. The van der Waals surface area contributed by atoms with Crippen molar-refractivity contribution in [2.24, 2.45) is 0 Å². The molecule has 6 N–H and O–H groups in total. The van der Waals surface area contributed by atoms with Crippen LogP contribution in [0.4, 0.5) is 17.1 Å². The Balaban J connectivity index is 0. The van der Waals surface area contributed by atoms with E-state index in [4.69, 9.17) is 0 Å². The van der Waals surface area contributed by atoms with E-state index < -0.39 is 0 Å². The van der Waals surface area contributed by atoms with Gasteiger partial charge in [-0.2, -0.15) is 0 Å². The van der Waals surface area contributed by atoms with Gasteiger partial charge in [0.1, 0.15) is 11.5 Å². The molecule has 0 aliphatic carbocycles. The number of benzene rings is 3. The molecule has 0 radical (unpaired) electrons. The maximum atomic E-state index is 12.1. The molecule has 3 rings (SSSR count). The molecule has 4 amide bonds. The van der Waals surface area contributed by atoms with Crippen molar-refractivity contribution < 1.29 is 43.8 Å². The SMILES string of the molecule is C.CC/C=C\C/C=C\C/C=C\C/C=C\C/C=C\C/C=C\CCC(=O)NCCC.CC/C=C\C/C=C\C/C=C\C/C=C\C/C=C\C/C=C\CCC(=O)Nc1cccc(C(C)=O)c1.CCCCC/C=C\C/C=C\C/C=C\C/C=C\CCCC(=O)Nc1ccc(O)c(C(C)=O)c1.CCCCCCCCCCCCCCCCCCCCCC(=O)Nc1ccc(O)c(C(C)=O)c1. The monoisotopic (exact) mass is 1740 g/mol. The van der Waals surface area contributed by atoms with Crippen molar-refractivity contribution in [1.82, 2.24) is 5.32 Å². The predicted octanol–water partition coefficient (Wildman–Crippen LogP) is 33.0. The number of ketones is 3. The number of rotatable bonds is 70. The summed E-state index contributed by atoms with van der Waals surface area (Å²) < 4.78 is 0. The van der Waals surface area contributed by atoms with Crippen LogP contribution in [0, 0.1) is 0 Å². The van der Waals surface area contributed by atoms with E-state index in [0.29, 0.717) is 54.7 Å². The molecule has 0 aliphatic rings. The van der Waals surface area contributed by atoms with Gasteiger partial charge in [0, 0.05) is 54.9 Å². The van der Waals surface area contributed by atoms with E-state index in [-0.39, 0.29) is 71.0 Å². The molecule has 0 bridgehead atoms. The van der Waals surface area contributed by atoms with Crippen molar-refractivity contribution in [3.63, 3.8) is 0 Å². The highest BCUT2D eigenvalue weighted by Gasteiger charge is 2.12. The first-order chi connectivity index (χ1) is 61.5. The Kier molecular flexibility index (Phi) is 86.4. The fourth-order valence-electron chi connectivity index (χ4n) is 12.6. The average Bonchev–Trinajstić information content (AvgIpc) is 0.864. The molecule has 0 unspecified atom stereocenters. The minimum Gasteiger partial charge on any atom is -0.507 e. The third kappa shape index (κ3) is 81.5. The van der Waals surface area contributed by atoms with Crippen molar-refractivity contribution in [1.29, 1.82) is 0 Å². The van der Waals surface area contributed by atoms with Crippen LogP contribution in [-0.2, 0) is 19.2 Å². The molecule has 0 saturated carbocycles. The molecule has 0 spiro atoms. The summed E-state index contributed by atoms with van der Waals surface area (Å²) in [5.41, 5.74) is 2.80. The molecule has 0 atom stereocenters. The van der Waals surface area contributed by atoms with Gasteiger partial charge in [-0.15, -0.1) is 0 Å². The fraction of sp³-hybridized carbons (Fsp3) is 0.500. The third-order valence-electron chi connectivity index (χ3n) is 20.0. The van der Waals surface area contributed by atoms with Crippen molar-refractivity contribution in [3.8, 4) is 11.5 Å². The zero-order valence-corrected chi connectivity index (χ0v) is 79.4. The lowest BCUT2D eigenvalue weighted by Crippen LogP contribution is -2.23. The maximum absolute atomic E-state index is 12.1. The molecule has 127 heavy (non-hydrogen) atoms. The molecule has 13 nitrogen and oxygen atoms in total. The second-order valence-electron chi connectivity index (χ2n) is 31.7. The van der Waals surface area contributed by atoms with Crippen molar-refractivity contribution in [2.45, 2.75) is 365 Å². The van der Waals surface area contributed by atoms with Gasteiger partial charge >= 0.3 is 0 Å². The van der Waals surface area contributed by atoms with Crippen LogP contribution in [0.15, 0.2) is 255 Å². The van der Waals surface area contributed by atoms with Gasteiger partial charge in [0.05, 0.1) is 11.1 Å². The Labute approximate surface area is 772 Å². The number of amides is 4. The van der Waals surface area contributed by atoms with Gasteiger partial charge in [-0.05, 0) is 217 Å². The normalized spacial score (nSPS) is 11.9. The first kappa shape index (κ1) is 119. The van der Waals surface area contributed by atoms with Crippen molar-refractivity contribution in [2.75, 3.05) is 22.5 Å². The third-order valence-corrected chi connectivity index (χ3v) is 20.0. The number of nitrogens with one attached hydrogen (secondary N) is 4. The highest BCUT2D eigenvalue weighted by atomic mass is 16.3. The summed E-state index contributed by atoms with van der Waals surface area (Å²) in [5.74, 6) is -0.615. The Morgan fingerprint density at radius 1 is 0.260 bits per heavy atom. The summed E-state index contributed by atoms with van der Waals surface area (Å²) in [6, 6.07) is 16.1. The first-order valence-electron chi connectivity index (χ1n) is 48.4. The van der Waals surface area contributed by atoms with Gasteiger partial charge in [0.2, 0.25) is 23.6 Å². The van der Waals surface area contributed by atoms with Gasteiger partial charge in [0.15, 0.2) is 17.3 Å². The molecular weight excluding hydrogens is 1570 g/mol. The number of unbranched alkanes of at least 4 members (excludes halogenated alkanes) is 22. The molecule has 13 heteroatoms. The van der Waals surface area contributed by atoms with E-state index in [1.165, 1.54) is 180 Å². The minimum absolute atomic E-state index is 0. The molecule has 3 aromatic carbocycles. The van der Waals surface area contributed by atoms with Crippen LogP contribution in [0.3, 0.4) is 0 Å². The van der Waals surface area contributed by atoms with E-state index in [1.54, 1.807) is 36.4 Å². The number of aromatic hydroxyl groups is 2. The summed E-state index contributed by atoms with van der Waals surface area (Å²) in [4.78, 5) is 81.9. The molecule has 0 fully saturated rings. The van der Waals surface area contributed by atoms with Gasteiger partial charge in [0.25, 0.3) is 0 Å². The van der Waals surface area contributed by atoms with Crippen LogP contribution >= 0.6 is 0 Å². The fourth-order valence-corrected chi connectivity index (χ4v) is 12.6. The number of carbonyl (C=O) groups excluding carboxylic acids is 7. The number of carbonyl (C=O) groups is 7. The van der Waals surface area contributed by atoms with Gasteiger partial charge in [-0.1, -0.05) is 377 Å². The van der Waals surface area contributed by atoms with Crippen LogP contribution in [0.1, 0.15) is 396 Å². The summed E-state index contributed by atoms with van der Waals surface area (Å²) in [6.45, 7) is 16.0. The van der Waals surface area contributed by atoms with E-state index in [2.05, 4.69) is 244 Å². The standard InChI is InChI=1S/C30H51NO3.C30H39NO2.C28H39NO3.C25H39NO.CH4/c1-3-4-5-6-7-8-9-10-11-12-13-14-15-16-17-18-19-20-21-22-30(34)31-27-23-24-29(33)28(25-27)26(2)32;1-3-4-5-6-7-8-9-10-11-12-13-14-15-16-17-18-19-20-21-25-30(33)31-29-24-22-23-28(26-29)27(2)32;1-3-4-5-6-7-8-9-10-11-12-13-14-15-16-17-18-19-20-28(32)29-25-21-22-27(31)26(23-25)24(2)30;1-3-5-6-7-8-9-10-11-12-13-14-15-16-17-18-19-20-21-22-23-25(27)26-24-4-2;/h23-25,33H,3-22H2,1-2H3,(H,31,34);4-5,7-8,10-11,13-14,16-17,19-20,22-24,26H,3,6,9,12,15,18,21,25H2,1-2H3,(H,31,33);7-8,10-11,13-14,16-17,21-23,31H,3-6,9,12,15,18-20H2,1-2H3,(H,29,32);5-6,8-9,11-12,14-15,17-18,20-21H,3-4,7,10,13,16,19,22-24H2,1-2H3,(H,26,27);1H4/b;5-4-,8-7-,11-10-,14-13-,17-16-,20-19-;8-7-,11-10-,14-13-,17-16-;6-5-,9-8-,12-11-,15-14-,18-17-,21-20-;. The number of phenolic OH excluding ortho intramolecular Hbond substituents is 2. The van der Waals surface area contributed by atoms with E-state index in [1.807, 2.05) is 6.08 Å². The van der Waals surface area contributed by atoms with Crippen LogP contribution in [0.2, 0.25) is 0 Å². The van der Waals surface area contributed by atoms with Crippen LogP contribution in [0.5, 0.6) is 11.5 Å². The number of allylic oxidation sites excluding steroid dienone is 32. The van der Waals surface area contributed by atoms with E-state index in [9.17, 15) is 43.8 Å². The Hall–Kier alpha value is -10.0. The van der Waals surface area contributed by atoms with Gasteiger partial charge < -0.3 is 31.5 Å². The van der Waals surface area contributed by atoms with Crippen molar-refractivity contribution in [3.05, 3.63) is 272 Å². The Bertz CT molecular complexity index is 3820. The number of phenols is 2. The second-order valence-corrected chi connectivity index (χ2v) is 31.7. The van der Waals surface area contributed by atoms with Crippen molar-refractivity contribution >= 4 is 58.0 Å². The summed E-state index contributed by atoms with van der Waals surface area (Å²) in [5, 5.41) is 30.7. The zero-order valence-electron chi connectivity index (χ0n) is 79.4. The van der Waals surface area contributed by atoms with E-state index >= 15 is 0 Å². The predicted molar refractivity (Wildman–Crippen MR) is 550 cm³/mol. The highest BCUT2D eigenvalue weighted by Crippen LogP contribution is 2.25. The van der Waals surface area contributed by atoms with Gasteiger partial charge in [-0.3, -0.25) is 33.6 Å². The maximum Gasteiger partial charge on any atom is 0.224 e. The lowest BCUT2D eigenvalue weighted by atomic mass is 10.0. The summed E-state index contributed by atoms with van der Waals surface area (Å²) in [6.07, 6.45) is 121. The highest BCUT2D eigenvalue weighted by molar-refractivity contribution is 6.00. The van der Waals surface area contributed by atoms with Crippen LogP contribution in [0.25, 0.3) is 0 Å². The first-order valence-corrected chi connectivity index (χ1v) is 48.4. The Morgan fingerprint density at radius 3 is 0.843 bits per heavy atom. The average molecular weight is 1740 g/mol. The molecule has 702 valence electrons. The molecule has 0 heterocycles. The van der Waals surface area contributed by atoms with Gasteiger partial charge in [-0.25, -0.2) is 0 Å². The number of hydrogen-bond donors (Lipinski definition) is 6. The lowest BCUT2D eigenvalue weighted by molar-refractivity contribution is -0.121. The number of Topliss-reactive ketones (excluding diaryl/α,β-unsaturated/α-hetero) is 3. The summed E-state index contributed by atoms with van der Waals surface area (Å²) >= 11 is 0.